The van der Waals surface area contributed by atoms with Crippen LogP contribution in [0.25, 0.3) is 0 Å². The number of ether oxygens (including phenoxy) is 1. The average molecular weight is 169 g/mol. The first-order chi connectivity index (χ1) is 5.79. The molecule has 0 spiro atoms. The first-order valence-electron chi connectivity index (χ1n) is 5.14. The Hall–Kier alpha value is -0.0800. The molecule has 0 aromatic carbocycles. The molecular formula is C10H19NO. The van der Waals surface area contributed by atoms with Gasteiger partial charge in [-0.05, 0) is 18.8 Å². The molecule has 0 bridgehead atoms. The Bertz CT molecular complexity index is 158. The van der Waals surface area contributed by atoms with Crippen LogP contribution in [0.2, 0.25) is 0 Å². The molecule has 2 atom stereocenters. The number of rotatable bonds is 1. The summed E-state index contributed by atoms with van der Waals surface area (Å²) in [6.45, 7) is 6.67. The van der Waals surface area contributed by atoms with Gasteiger partial charge in [0.05, 0.1) is 12.8 Å². The molecule has 2 fully saturated rings. The smallest absolute Gasteiger partial charge is 0.0998 e. The molecule has 0 radical (unpaired) electrons. The summed E-state index contributed by atoms with van der Waals surface area (Å²) in [5, 5.41) is 0. The zero-order chi connectivity index (χ0) is 8.55. The Morgan fingerprint density at radius 2 is 2.17 bits per heavy atom. The number of hydrogen-bond acceptors (Lipinski definition) is 2. The fraction of sp³-hybridized carbons (Fsp3) is 1.00. The van der Waals surface area contributed by atoms with Gasteiger partial charge in [-0.3, -0.25) is 4.90 Å². The third-order valence-corrected chi connectivity index (χ3v) is 3.13. The second kappa shape index (κ2) is 3.35. The Morgan fingerprint density at radius 1 is 1.33 bits per heavy atom. The molecule has 0 unspecified atom stereocenters. The largest absolute Gasteiger partial charge is 0.361 e. The molecule has 0 aromatic heterocycles. The normalized spacial score (nSPS) is 37.2. The summed E-state index contributed by atoms with van der Waals surface area (Å²) in [5.74, 6) is 0.679. The van der Waals surface area contributed by atoms with Gasteiger partial charge in [-0.2, -0.15) is 0 Å². The highest BCUT2D eigenvalue weighted by molar-refractivity contribution is 4.88. The van der Waals surface area contributed by atoms with Crippen molar-refractivity contribution >= 4 is 0 Å². The van der Waals surface area contributed by atoms with Gasteiger partial charge in [0.15, 0.2) is 0 Å². The molecule has 0 aromatic rings. The van der Waals surface area contributed by atoms with Gasteiger partial charge in [0.25, 0.3) is 0 Å². The second-order valence-electron chi connectivity index (χ2n) is 4.38. The maximum atomic E-state index is 5.79. The zero-order valence-electron chi connectivity index (χ0n) is 8.12. The van der Waals surface area contributed by atoms with Crippen LogP contribution in [0.15, 0.2) is 0 Å². The van der Waals surface area contributed by atoms with E-state index in [0.717, 1.165) is 12.8 Å². The summed E-state index contributed by atoms with van der Waals surface area (Å²) in [6, 6.07) is 0.735. The van der Waals surface area contributed by atoms with Gasteiger partial charge >= 0.3 is 0 Å². The zero-order valence-corrected chi connectivity index (χ0v) is 8.12. The van der Waals surface area contributed by atoms with E-state index in [2.05, 4.69) is 18.7 Å². The van der Waals surface area contributed by atoms with Crippen molar-refractivity contribution in [2.75, 3.05) is 13.3 Å². The minimum Gasteiger partial charge on any atom is -0.361 e. The Kier molecular flexibility index (Phi) is 2.37. The van der Waals surface area contributed by atoms with Gasteiger partial charge in [-0.25, -0.2) is 0 Å². The standard InChI is InChI=1S/C10H19NO/c1-8(2)10-9-5-3-4-6-11(9)7-12-10/h8-10H,3-7H2,1-2H3/t9-,10+/m0/s1. The van der Waals surface area contributed by atoms with E-state index >= 15 is 0 Å². The maximum absolute atomic E-state index is 5.79. The lowest BCUT2D eigenvalue weighted by molar-refractivity contribution is 0.0615. The fourth-order valence-electron chi connectivity index (χ4n) is 2.48. The minimum atomic E-state index is 0.505. The molecular weight excluding hydrogens is 150 g/mol. The van der Waals surface area contributed by atoms with Gasteiger partial charge in [0, 0.05) is 12.6 Å². The third kappa shape index (κ3) is 1.38. The topological polar surface area (TPSA) is 12.5 Å². The van der Waals surface area contributed by atoms with Gasteiger partial charge < -0.3 is 4.74 Å². The third-order valence-electron chi connectivity index (χ3n) is 3.13. The molecule has 2 heteroatoms. The molecule has 0 N–H and O–H groups in total. The van der Waals surface area contributed by atoms with E-state index in [0.29, 0.717) is 12.0 Å². The quantitative estimate of drug-likeness (QED) is 0.594. The lowest BCUT2D eigenvalue weighted by atomic mass is 9.93. The summed E-state index contributed by atoms with van der Waals surface area (Å²) in [5.41, 5.74) is 0. The fourth-order valence-corrected chi connectivity index (χ4v) is 2.48. The summed E-state index contributed by atoms with van der Waals surface area (Å²) in [6.07, 6.45) is 4.62. The predicted molar refractivity (Wildman–Crippen MR) is 48.9 cm³/mol. The SMILES string of the molecule is CC(C)[C@H]1OCN2CCCC[C@@H]12. The van der Waals surface area contributed by atoms with E-state index in [1.165, 1.54) is 25.8 Å². The first-order valence-corrected chi connectivity index (χ1v) is 5.14. The summed E-state index contributed by atoms with van der Waals surface area (Å²) < 4.78 is 5.79. The molecule has 12 heavy (non-hydrogen) atoms. The minimum absolute atomic E-state index is 0.505. The van der Waals surface area contributed by atoms with Crippen LogP contribution >= 0.6 is 0 Å². The van der Waals surface area contributed by atoms with Crippen molar-refractivity contribution in [1.82, 2.24) is 4.90 Å². The van der Waals surface area contributed by atoms with E-state index in [4.69, 9.17) is 4.74 Å². The van der Waals surface area contributed by atoms with E-state index in [1.807, 2.05) is 0 Å². The summed E-state index contributed by atoms with van der Waals surface area (Å²) in [4.78, 5) is 2.51. The van der Waals surface area contributed by atoms with Gasteiger partial charge in [-0.1, -0.05) is 20.3 Å². The highest BCUT2D eigenvalue weighted by Gasteiger charge is 2.37. The van der Waals surface area contributed by atoms with Gasteiger partial charge in [0.2, 0.25) is 0 Å². The molecule has 2 nitrogen and oxygen atoms in total. The van der Waals surface area contributed by atoms with Crippen molar-refractivity contribution in [1.29, 1.82) is 0 Å². The number of hydrogen-bond donors (Lipinski definition) is 0. The van der Waals surface area contributed by atoms with E-state index in [9.17, 15) is 0 Å². The molecule has 0 aliphatic carbocycles. The first kappa shape index (κ1) is 8.52. The summed E-state index contributed by atoms with van der Waals surface area (Å²) in [7, 11) is 0. The molecule has 2 aliphatic rings. The molecule has 2 saturated heterocycles. The Balaban J connectivity index is 2.01. The predicted octanol–water partition coefficient (Wildman–Crippen LogP) is 1.85. The van der Waals surface area contributed by atoms with Crippen LogP contribution in [-0.2, 0) is 4.74 Å². The summed E-state index contributed by atoms with van der Waals surface area (Å²) >= 11 is 0. The van der Waals surface area contributed by atoms with Crippen LogP contribution in [0.4, 0.5) is 0 Å². The molecule has 2 heterocycles. The number of nitrogens with zero attached hydrogens (tertiary/aromatic N) is 1. The number of fused-ring (bicyclic) bond motifs is 1. The van der Waals surface area contributed by atoms with E-state index in [1.54, 1.807) is 0 Å². The van der Waals surface area contributed by atoms with Crippen LogP contribution in [0.3, 0.4) is 0 Å². The van der Waals surface area contributed by atoms with Gasteiger partial charge in [0.1, 0.15) is 0 Å². The molecule has 2 aliphatic heterocycles. The van der Waals surface area contributed by atoms with Crippen molar-refractivity contribution in [2.45, 2.75) is 45.3 Å². The monoisotopic (exact) mass is 169 g/mol. The molecule has 2 rings (SSSR count). The maximum Gasteiger partial charge on any atom is 0.0998 e. The van der Waals surface area contributed by atoms with Crippen LogP contribution < -0.4 is 0 Å². The lowest BCUT2D eigenvalue weighted by Gasteiger charge is -2.31. The van der Waals surface area contributed by atoms with Gasteiger partial charge in [-0.15, -0.1) is 0 Å². The highest BCUT2D eigenvalue weighted by Crippen LogP contribution is 2.30. The average Bonchev–Trinajstić information content (AvgIpc) is 2.47. The second-order valence-corrected chi connectivity index (χ2v) is 4.38. The van der Waals surface area contributed by atoms with Crippen LogP contribution in [0, 0.1) is 5.92 Å². The highest BCUT2D eigenvalue weighted by atomic mass is 16.5. The van der Waals surface area contributed by atoms with Crippen LogP contribution in [0.1, 0.15) is 33.1 Å². The lowest BCUT2D eigenvalue weighted by Crippen LogP contribution is -2.40. The van der Waals surface area contributed by atoms with Crippen LogP contribution in [-0.4, -0.2) is 30.3 Å². The number of piperidine rings is 1. The van der Waals surface area contributed by atoms with Crippen molar-refractivity contribution in [3.05, 3.63) is 0 Å². The molecule has 0 amide bonds. The molecule has 0 saturated carbocycles. The van der Waals surface area contributed by atoms with Crippen molar-refractivity contribution in [3.63, 3.8) is 0 Å². The van der Waals surface area contributed by atoms with E-state index < -0.39 is 0 Å². The van der Waals surface area contributed by atoms with Crippen LogP contribution in [0.5, 0.6) is 0 Å². The van der Waals surface area contributed by atoms with E-state index in [-0.39, 0.29) is 0 Å². The van der Waals surface area contributed by atoms with Crippen molar-refractivity contribution < 1.29 is 4.74 Å². The Labute approximate surface area is 74.9 Å². The Morgan fingerprint density at radius 3 is 2.92 bits per heavy atom. The van der Waals surface area contributed by atoms with Crippen molar-refractivity contribution in [3.8, 4) is 0 Å². The van der Waals surface area contributed by atoms with Crippen molar-refractivity contribution in [2.24, 2.45) is 5.92 Å². The molecule has 70 valence electrons.